The molecule has 1 N–H and O–H groups in total. The van der Waals surface area contributed by atoms with E-state index in [0.717, 1.165) is 24.9 Å². The molecule has 1 fully saturated rings. The van der Waals surface area contributed by atoms with Gasteiger partial charge < -0.3 is 5.32 Å². The standard InChI is InChI=1S/C23H31N/c1-4-10-20(11-5-1)18-23(22-14-8-3-9-15-22)16-17-24-19-21-12-6-2-7-13-21/h1-2,4-7,10-13,22-24H,3,8-9,14-19H2. The maximum atomic E-state index is 3.66. The molecule has 1 unspecified atom stereocenters. The Bertz CT molecular complexity index is 557. The zero-order valence-corrected chi connectivity index (χ0v) is 14.8. The van der Waals surface area contributed by atoms with Gasteiger partial charge in [0.05, 0.1) is 0 Å². The van der Waals surface area contributed by atoms with Crippen LogP contribution in [0.5, 0.6) is 0 Å². The van der Waals surface area contributed by atoms with E-state index in [9.17, 15) is 0 Å². The van der Waals surface area contributed by atoms with Crippen LogP contribution in [0.4, 0.5) is 0 Å². The molecule has 0 spiro atoms. The molecule has 3 rings (SSSR count). The van der Waals surface area contributed by atoms with Gasteiger partial charge in [0.15, 0.2) is 0 Å². The summed E-state index contributed by atoms with van der Waals surface area (Å²) >= 11 is 0. The van der Waals surface area contributed by atoms with E-state index in [1.807, 2.05) is 0 Å². The van der Waals surface area contributed by atoms with E-state index in [-0.39, 0.29) is 0 Å². The maximum absolute atomic E-state index is 3.66. The second-order valence-electron chi connectivity index (χ2n) is 7.30. The topological polar surface area (TPSA) is 12.0 Å². The molecule has 24 heavy (non-hydrogen) atoms. The summed E-state index contributed by atoms with van der Waals surface area (Å²) in [6, 6.07) is 21.8. The molecule has 0 aliphatic heterocycles. The van der Waals surface area contributed by atoms with Gasteiger partial charge >= 0.3 is 0 Å². The van der Waals surface area contributed by atoms with Crippen molar-refractivity contribution in [3.63, 3.8) is 0 Å². The highest BCUT2D eigenvalue weighted by Gasteiger charge is 2.23. The Morgan fingerprint density at radius 2 is 1.42 bits per heavy atom. The Labute approximate surface area is 147 Å². The zero-order valence-electron chi connectivity index (χ0n) is 14.8. The van der Waals surface area contributed by atoms with E-state index in [4.69, 9.17) is 0 Å². The molecule has 0 aromatic heterocycles. The zero-order chi connectivity index (χ0) is 16.5. The molecule has 2 aromatic carbocycles. The van der Waals surface area contributed by atoms with Crippen LogP contribution in [-0.2, 0) is 13.0 Å². The smallest absolute Gasteiger partial charge is 0.0205 e. The third-order valence-electron chi connectivity index (χ3n) is 5.52. The molecule has 0 radical (unpaired) electrons. The average molecular weight is 322 g/mol. The van der Waals surface area contributed by atoms with E-state index in [1.54, 1.807) is 0 Å². The summed E-state index contributed by atoms with van der Waals surface area (Å²) in [5, 5.41) is 3.66. The van der Waals surface area contributed by atoms with Gasteiger partial charge in [-0.25, -0.2) is 0 Å². The van der Waals surface area contributed by atoms with Crippen molar-refractivity contribution in [3.8, 4) is 0 Å². The number of nitrogens with one attached hydrogen (secondary N) is 1. The normalized spacial score (nSPS) is 16.8. The van der Waals surface area contributed by atoms with Gasteiger partial charge in [-0.05, 0) is 42.3 Å². The van der Waals surface area contributed by atoms with Crippen molar-refractivity contribution < 1.29 is 0 Å². The molecule has 1 aliphatic carbocycles. The predicted molar refractivity (Wildman–Crippen MR) is 103 cm³/mol. The summed E-state index contributed by atoms with van der Waals surface area (Å²) in [6.45, 7) is 2.12. The quantitative estimate of drug-likeness (QED) is 0.624. The van der Waals surface area contributed by atoms with E-state index in [2.05, 4.69) is 66.0 Å². The highest BCUT2D eigenvalue weighted by Crippen LogP contribution is 2.33. The lowest BCUT2D eigenvalue weighted by Gasteiger charge is -2.30. The molecule has 0 bridgehead atoms. The minimum absolute atomic E-state index is 0.830. The van der Waals surface area contributed by atoms with E-state index in [0.29, 0.717) is 0 Å². The van der Waals surface area contributed by atoms with Crippen molar-refractivity contribution in [1.82, 2.24) is 5.32 Å². The lowest BCUT2D eigenvalue weighted by Crippen LogP contribution is -2.25. The number of hydrogen-bond donors (Lipinski definition) is 1. The first-order valence-electron chi connectivity index (χ1n) is 9.70. The van der Waals surface area contributed by atoms with Crippen LogP contribution in [0.15, 0.2) is 60.7 Å². The maximum Gasteiger partial charge on any atom is 0.0205 e. The molecule has 1 heteroatoms. The SMILES string of the molecule is c1ccc(CNCCC(Cc2ccccc2)C2CCCCC2)cc1. The van der Waals surface area contributed by atoms with Crippen LogP contribution in [0, 0.1) is 11.8 Å². The van der Waals surface area contributed by atoms with Gasteiger partial charge in [0.25, 0.3) is 0 Å². The van der Waals surface area contributed by atoms with E-state index < -0.39 is 0 Å². The first-order valence-corrected chi connectivity index (χ1v) is 9.70. The first-order chi connectivity index (χ1) is 11.9. The number of rotatable bonds is 8. The van der Waals surface area contributed by atoms with Crippen LogP contribution in [0.2, 0.25) is 0 Å². The Balaban J connectivity index is 1.51. The molecule has 1 aliphatic rings. The first kappa shape index (κ1) is 17.2. The van der Waals surface area contributed by atoms with E-state index >= 15 is 0 Å². The van der Waals surface area contributed by atoms with Gasteiger partial charge in [0.2, 0.25) is 0 Å². The predicted octanol–water partition coefficient (Wildman–Crippen LogP) is 5.61. The van der Waals surface area contributed by atoms with Gasteiger partial charge in [0, 0.05) is 6.54 Å². The van der Waals surface area contributed by atoms with Crippen LogP contribution in [0.25, 0.3) is 0 Å². The van der Waals surface area contributed by atoms with Gasteiger partial charge in [-0.2, -0.15) is 0 Å². The van der Waals surface area contributed by atoms with Crippen molar-refractivity contribution in [1.29, 1.82) is 0 Å². The van der Waals surface area contributed by atoms with Crippen LogP contribution in [-0.4, -0.2) is 6.54 Å². The highest BCUT2D eigenvalue weighted by molar-refractivity contribution is 5.16. The molecule has 1 saturated carbocycles. The third kappa shape index (κ3) is 5.49. The van der Waals surface area contributed by atoms with Crippen molar-refractivity contribution in [2.45, 2.75) is 51.5 Å². The third-order valence-corrected chi connectivity index (χ3v) is 5.52. The molecule has 0 saturated heterocycles. The van der Waals surface area contributed by atoms with Crippen LogP contribution < -0.4 is 5.32 Å². The lowest BCUT2D eigenvalue weighted by atomic mass is 9.76. The molecular formula is C23H31N. The van der Waals surface area contributed by atoms with Crippen LogP contribution >= 0.6 is 0 Å². The van der Waals surface area contributed by atoms with E-state index in [1.165, 1.54) is 56.1 Å². The Morgan fingerprint density at radius 1 is 0.792 bits per heavy atom. The largest absolute Gasteiger partial charge is 0.313 e. The number of hydrogen-bond acceptors (Lipinski definition) is 1. The molecule has 1 atom stereocenters. The second-order valence-corrected chi connectivity index (χ2v) is 7.30. The number of benzene rings is 2. The molecule has 0 amide bonds. The lowest BCUT2D eigenvalue weighted by molar-refractivity contribution is 0.233. The van der Waals surface area contributed by atoms with Gasteiger partial charge in [-0.15, -0.1) is 0 Å². The van der Waals surface area contributed by atoms with Crippen molar-refractivity contribution >= 4 is 0 Å². The minimum Gasteiger partial charge on any atom is -0.313 e. The summed E-state index contributed by atoms with van der Waals surface area (Å²) < 4.78 is 0. The Kier molecular flexibility index (Phi) is 6.92. The summed E-state index contributed by atoms with van der Waals surface area (Å²) in [7, 11) is 0. The van der Waals surface area contributed by atoms with Crippen LogP contribution in [0.3, 0.4) is 0 Å². The summed E-state index contributed by atoms with van der Waals surface area (Å²) in [5.74, 6) is 1.76. The van der Waals surface area contributed by atoms with Crippen molar-refractivity contribution in [2.24, 2.45) is 11.8 Å². The minimum atomic E-state index is 0.830. The van der Waals surface area contributed by atoms with Gasteiger partial charge in [0.1, 0.15) is 0 Å². The second kappa shape index (κ2) is 9.64. The molecule has 1 nitrogen and oxygen atoms in total. The fourth-order valence-corrected chi connectivity index (χ4v) is 4.14. The fourth-order valence-electron chi connectivity index (χ4n) is 4.14. The Morgan fingerprint density at radius 3 is 2.08 bits per heavy atom. The van der Waals surface area contributed by atoms with Crippen molar-refractivity contribution in [2.75, 3.05) is 6.54 Å². The summed E-state index contributed by atoms with van der Waals surface area (Å²) in [6.07, 6.45) is 9.75. The highest BCUT2D eigenvalue weighted by atomic mass is 14.8. The Hall–Kier alpha value is -1.60. The van der Waals surface area contributed by atoms with Crippen LogP contribution in [0.1, 0.15) is 49.7 Å². The average Bonchev–Trinajstić information content (AvgIpc) is 2.66. The molecule has 2 aromatic rings. The van der Waals surface area contributed by atoms with Gasteiger partial charge in [-0.3, -0.25) is 0 Å². The van der Waals surface area contributed by atoms with Crippen molar-refractivity contribution in [3.05, 3.63) is 71.8 Å². The molecule has 0 heterocycles. The van der Waals surface area contributed by atoms with Gasteiger partial charge in [-0.1, -0.05) is 92.8 Å². The summed E-state index contributed by atoms with van der Waals surface area (Å²) in [5.41, 5.74) is 2.89. The molecular weight excluding hydrogens is 290 g/mol. The fraction of sp³-hybridized carbons (Fsp3) is 0.478. The summed E-state index contributed by atoms with van der Waals surface area (Å²) in [4.78, 5) is 0. The molecule has 128 valence electrons. The monoisotopic (exact) mass is 321 g/mol.